The van der Waals surface area contributed by atoms with Crippen molar-refractivity contribution >= 4 is 28.7 Å². The molecule has 0 aliphatic carbocycles. The summed E-state index contributed by atoms with van der Waals surface area (Å²) in [5, 5.41) is 42.0. The number of anilines is 2. The lowest BCUT2D eigenvalue weighted by Crippen LogP contribution is -2.54. The highest BCUT2D eigenvalue weighted by molar-refractivity contribution is 6.00. The number of nitrogens with two attached hydrogens (primary N) is 1. The molecular formula is C14H16N8O6. The summed E-state index contributed by atoms with van der Waals surface area (Å²) in [7, 11) is 0. The third-order valence-electron chi connectivity index (χ3n) is 4.43. The predicted octanol–water partition coefficient (Wildman–Crippen LogP) is 0.815. The molecule has 2 heterocycles. The number of piperazine rings is 1. The number of non-ortho nitro benzene ring substituents is 1. The van der Waals surface area contributed by atoms with Crippen LogP contribution >= 0.6 is 0 Å². The van der Waals surface area contributed by atoms with Crippen LogP contribution in [-0.2, 0) is 0 Å². The second-order valence-corrected chi connectivity index (χ2v) is 6.10. The van der Waals surface area contributed by atoms with Gasteiger partial charge in [-0.3, -0.25) is 20.2 Å². The van der Waals surface area contributed by atoms with Crippen molar-refractivity contribution in [1.29, 1.82) is 0 Å². The van der Waals surface area contributed by atoms with Crippen molar-refractivity contribution < 1.29 is 19.7 Å². The molecule has 1 aromatic heterocycles. The molecule has 3 N–H and O–H groups in total. The van der Waals surface area contributed by atoms with Gasteiger partial charge in [0.25, 0.3) is 11.4 Å². The third kappa shape index (κ3) is 3.34. The molecule has 1 aromatic carbocycles. The van der Waals surface area contributed by atoms with Crippen molar-refractivity contribution in [2.75, 3.05) is 30.3 Å². The van der Waals surface area contributed by atoms with Crippen LogP contribution < -0.4 is 10.6 Å². The smallest absolute Gasteiger partial charge is 0.299 e. The van der Waals surface area contributed by atoms with Crippen molar-refractivity contribution in [3.8, 4) is 0 Å². The highest BCUT2D eigenvalue weighted by Gasteiger charge is 2.33. The molecule has 148 valence electrons. The van der Waals surface area contributed by atoms with Crippen LogP contribution in [0, 0.1) is 20.2 Å². The van der Waals surface area contributed by atoms with E-state index >= 15 is 0 Å². The van der Waals surface area contributed by atoms with Crippen LogP contribution in [0.2, 0.25) is 0 Å². The second kappa shape index (κ2) is 7.34. The number of nitro groups is 2. The minimum absolute atomic E-state index is 0.0339. The Kier molecular flexibility index (Phi) is 4.93. The normalized spacial score (nSPS) is 17.6. The third-order valence-corrected chi connectivity index (χ3v) is 4.43. The van der Waals surface area contributed by atoms with Gasteiger partial charge in [0, 0.05) is 31.7 Å². The van der Waals surface area contributed by atoms with Gasteiger partial charge in [0.15, 0.2) is 11.5 Å². The van der Waals surface area contributed by atoms with Crippen molar-refractivity contribution in [1.82, 2.24) is 15.2 Å². The number of nitrogens with zero attached hydrogens (tertiary/aromatic N) is 7. The summed E-state index contributed by atoms with van der Waals surface area (Å²) in [6.45, 7) is 2.79. The highest BCUT2D eigenvalue weighted by atomic mass is 16.6. The van der Waals surface area contributed by atoms with Gasteiger partial charge < -0.3 is 20.7 Å². The second-order valence-electron chi connectivity index (χ2n) is 6.10. The molecule has 1 aliphatic rings. The van der Waals surface area contributed by atoms with E-state index in [0.29, 0.717) is 19.6 Å². The van der Waals surface area contributed by atoms with Gasteiger partial charge in [0.1, 0.15) is 5.69 Å². The molecule has 28 heavy (non-hydrogen) atoms. The van der Waals surface area contributed by atoms with Crippen LogP contribution in [0.1, 0.15) is 12.6 Å². The molecule has 1 atom stereocenters. The van der Waals surface area contributed by atoms with Crippen molar-refractivity contribution in [3.05, 3.63) is 44.1 Å². The first-order chi connectivity index (χ1) is 13.3. The summed E-state index contributed by atoms with van der Waals surface area (Å²) < 4.78 is 4.53. The Hall–Kier alpha value is -3.97. The number of rotatable bonds is 4. The zero-order valence-electron chi connectivity index (χ0n) is 14.6. The number of amidine groups is 1. The van der Waals surface area contributed by atoms with Crippen molar-refractivity contribution in [2.45, 2.75) is 13.0 Å². The van der Waals surface area contributed by atoms with Crippen LogP contribution in [0.4, 0.5) is 22.9 Å². The lowest BCUT2D eigenvalue weighted by Gasteiger charge is -2.41. The van der Waals surface area contributed by atoms with E-state index < -0.39 is 9.85 Å². The first kappa shape index (κ1) is 18.8. The van der Waals surface area contributed by atoms with E-state index in [1.165, 1.54) is 12.1 Å². The zero-order valence-corrected chi connectivity index (χ0v) is 14.6. The number of benzene rings is 1. The van der Waals surface area contributed by atoms with Gasteiger partial charge >= 0.3 is 0 Å². The number of hydrogen-bond acceptors (Lipinski definition) is 11. The van der Waals surface area contributed by atoms with Crippen LogP contribution in [0.5, 0.6) is 0 Å². The molecular weight excluding hydrogens is 376 g/mol. The lowest BCUT2D eigenvalue weighted by molar-refractivity contribution is -0.393. The molecule has 3 rings (SSSR count). The van der Waals surface area contributed by atoms with Gasteiger partial charge in [-0.25, -0.2) is 4.63 Å². The number of hydrogen-bond donors (Lipinski definition) is 2. The first-order valence-electron chi connectivity index (χ1n) is 8.08. The Balaban J connectivity index is 1.85. The average Bonchev–Trinajstić information content (AvgIpc) is 3.08. The Labute approximate surface area is 157 Å². The Morgan fingerprint density at radius 2 is 2.07 bits per heavy atom. The van der Waals surface area contributed by atoms with E-state index in [9.17, 15) is 25.4 Å². The fourth-order valence-corrected chi connectivity index (χ4v) is 3.12. The average molecular weight is 392 g/mol. The van der Waals surface area contributed by atoms with Crippen LogP contribution in [-0.4, -0.2) is 61.8 Å². The number of oxime groups is 1. The molecule has 0 amide bonds. The van der Waals surface area contributed by atoms with Gasteiger partial charge in [-0.1, -0.05) is 5.16 Å². The summed E-state index contributed by atoms with van der Waals surface area (Å²) in [6, 6.07) is 3.26. The number of nitrogen functional groups attached to an aromatic ring is 1. The molecule has 14 heteroatoms. The van der Waals surface area contributed by atoms with E-state index in [4.69, 9.17) is 5.73 Å². The molecule has 0 spiro atoms. The SMILES string of the molecule is C[C@H]1CN(c2ccc([N+](=O)[O-])cc2[N+](=O)[O-])CCN1/C(=N/O)c1nonc1N. The van der Waals surface area contributed by atoms with Crippen LogP contribution in [0.25, 0.3) is 0 Å². The van der Waals surface area contributed by atoms with Gasteiger partial charge in [0.2, 0.25) is 5.84 Å². The molecule has 0 bridgehead atoms. The van der Waals surface area contributed by atoms with E-state index in [-0.39, 0.29) is 40.5 Å². The van der Waals surface area contributed by atoms with Crippen LogP contribution in [0.15, 0.2) is 28.0 Å². The van der Waals surface area contributed by atoms with Crippen molar-refractivity contribution in [2.24, 2.45) is 5.16 Å². The molecule has 2 aromatic rings. The van der Waals surface area contributed by atoms with Gasteiger partial charge in [-0.2, -0.15) is 0 Å². The van der Waals surface area contributed by atoms with Gasteiger partial charge in [0.05, 0.1) is 15.9 Å². The summed E-state index contributed by atoms with van der Waals surface area (Å²) in [5.41, 5.74) is 5.30. The summed E-state index contributed by atoms with van der Waals surface area (Å²) in [5.74, 6) is 0.0394. The standard InChI is InChI=1S/C14H16N8O6/c1-8-7-19(10-3-2-9(21(24)25)6-11(10)22(26)27)4-5-20(8)14(16-23)12-13(15)18-28-17-12/h2-3,6,8,23H,4-5,7H2,1H3,(H2,15,18)/b16-14+/t8-/m0/s1. The maximum absolute atomic E-state index is 11.4. The molecule has 1 fully saturated rings. The molecule has 1 saturated heterocycles. The molecule has 0 unspecified atom stereocenters. The largest absolute Gasteiger partial charge is 0.409 e. The Morgan fingerprint density at radius 3 is 2.61 bits per heavy atom. The Morgan fingerprint density at radius 1 is 1.32 bits per heavy atom. The molecule has 0 radical (unpaired) electrons. The number of nitro benzene ring substituents is 2. The van der Waals surface area contributed by atoms with E-state index in [1.807, 2.05) is 6.92 Å². The first-order valence-corrected chi connectivity index (χ1v) is 8.08. The lowest BCUT2D eigenvalue weighted by atomic mass is 10.1. The van der Waals surface area contributed by atoms with Crippen molar-refractivity contribution in [3.63, 3.8) is 0 Å². The zero-order chi connectivity index (χ0) is 20.4. The highest BCUT2D eigenvalue weighted by Crippen LogP contribution is 2.33. The fourth-order valence-electron chi connectivity index (χ4n) is 3.12. The maximum atomic E-state index is 11.4. The molecule has 1 aliphatic heterocycles. The minimum atomic E-state index is -0.683. The number of aromatic nitrogens is 2. The maximum Gasteiger partial charge on any atom is 0.299 e. The molecule has 0 saturated carbocycles. The summed E-state index contributed by atoms with van der Waals surface area (Å²) in [6.07, 6.45) is 0. The molecule has 14 nitrogen and oxygen atoms in total. The van der Waals surface area contributed by atoms with Gasteiger partial charge in [-0.15, -0.1) is 0 Å². The summed E-state index contributed by atoms with van der Waals surface area (Å²) >= 11 is 0. The van der Waals surface area contributed by atoms with E-state index in [0.717, 1.165) is 6.07 Å². The summed E-state index contributed by atoms with van der Waals surface area (Å²) in [4.78, 5) is 24.4. The predicted molar refractivity (Wildman–Crippen MR) is 95.2 cm³/mol. The topological polar surface area (TPSA) is 190 Å². The minimum Gasteiger partial charge on any atom is -0.409 e. The quantitative estimate of drug-likeness (QED) is 0.246. The Bertz CT molecular complexity index is 944. The monoisotopic (exact) mass is 392 g/mol. The van der Waals surface area contributed by atoms with E-state index in [2.05, 4.69) is 20.1 Å². The van der Waals surface area contributed by atoms with E-state index in [1.54, 1.807) is 9.80 Å². The fraction of sp³-hybridized carbons (Fsp3) is 0.357. The van der Waals surface area contributed by atoms with Crippen LogP contribution in [0.3, 0.4) is 0 Å². The van der Waals surface area contributed by atoms with Gasteiger partial charge in [-0.05, 0) is 23.3 Å².